The lowest BCUT2D eigenvalue weighted by molar-refractivity contribution is 0.0498. The highest BCUT2D eigenvalue weighted by atomic mass is 35.5. The summed E-state index contributed by atoms with van der Waals surface area (Å²) in [6.07, 6.45) is -0.542. The predicted molar refractivity (Wildman–Crippen MR) is 120 cm³/mol. The highest BCUT2D eigenvalue weighted by Crippen LogP contribution is 2.28. The van der Waals surface area contributed by atoms with E-state index >= 15 is 0 Å². The van der Waals surface area contributed by atoms with Crippen LogP contribution in [0.25, 0.3) is 0 Å². The van der Waals surface area contributed by atoms with Gasteiger partial charge in [0.05, 0.1) is 7.11 Å². The van der Waals surface area contributed by atoms with E-state index in [9.17, 15) is 5.11 Å². The van der Waals surface area contributed by atoms with Crippen molar-refractivity contribution in [3.8, 4) is 11.5 Å². The van der Waals surface area contributed by atoms with E-state index in [1.807, 2.05) is 42.5 Å². The van der Waals surface area contributed by atoms with Crippen LogP contribution in [0.5, 0.6) is 11.5 Å². The molecule has 0 radical (unpaired) electrons. The second-order valence-electron chi connectivity index (χ2n) is 7.75. The molecule has 1 atom stereocenters. The molecule has 0 unspecified atom stereocenters. The van der Waals surface area contributed by atoms with Crippen molar-refractivity contribution in [2.75, 3.05) is 53.5 Å². The largest absolute Gasteiger partial charge is 0.493 e. The number of benzene rings is 2. The van der Waals surface area contributed by atoms with Crippen molar-refractivity contribution in [1.82, 2.24) is 15.1 Å². The fourth-order valence-corrected chi connectivity index (χ4v) is 3.70. The molecule has 3 rings (SSSR count). The standard InChI is InChI=1S/C23H32ClN3O3/c1-26-9-11-27(12-10-26)16-20(28)17-30-23-13-18(7-8-22(23)29-2)14-25-15-19-5-3-4-6-21(19)24/h3-8,13,20,25,28H,9-12,14-17H2,1-2H3/t20-/m0/s1. The fourth-order valence-electron chi connectivity index (χ4n) is 3.49. The second kappa shape index (κ2) is 11.5. The molecule has 0 aromatic heterocycles. The van der Waals surface area contributed by atoms with Gasteiger partial charge in [-0.2, -0.15) is 0 Å². The minimum absolute atomic E-state index is 0.235. The molecule has 2 N–H and O–H groups in total. The first-order valence-corrected chi connectivity index (χ1v) is 10.8. The van der Waals surface area contributed by atoms with Crippen molar-refractivity contribution >= 4 is 11.6 Å². The van der Waals surface area contributed by atoms with Crippen molar-refractivity contribution in [3.63, 3.8) is 0 Å². The van der Waals surface area contributed by atoms with Crippen molar-refractivity contribution in [1.29, 1.82) is 0 Å². The molecule has 1 fully saturated rings. The van der Waals surface area contributed by atoms with E-state index < -0.39 is 6.10 Å². The summed E-state index contributed by atoms with van der Waals surface area (Å²) < 4.78 is 11.3. The highest BCUT2D eigenvalue weighted by molar-refractivity contribution is 6.31. The van der Waals surface area contributed by atoms with E-state index in [0.29, 0.717) is 31.1 Å². The summed E-state index contributed by atoms with van der Waals surface area (Å²) in [5.74, 6) is 1.31. The number of rotatable bonds is 10. The number of hydrogen-bond donors (Lipinski definition) is 2. The summed E-state index contributed by atoms with van der Waals surface area (Å²) >= 11 is 6.21. The lowest BCUT2D eigenvalue weighted by Gasteiger charge is -2.33. The predicted octanol–water partition coefficient (Wildman–Crippen LogP) is 2.63. The van der Waals surface area contributed by atoms with Gasteiger partial charge in [-0.05, 0) is 36.4 Å². The Kier molecular flexibility index (Phi) is 8.78. The number of hydrogen-bond acceptors (Lipinski definition) is 6. The number of aliphatic hydroxyl groups is 1. The zero-order valence-corrected chi connectivity index (χ0v) is 18.6. The fraction of sp³-hybridized carbons (Fsp3) is 0.478. The molecule has 6 nitrogen and oxygen atoms in total. The van der Waals surface area contributed by atoms with Gasteiger partial charge in [0.25, 0.3) is 0 Å². The van der Waals surface area contributed by atoms with Gasteiger partial charge in [-0.3, -0.25) is 4.90 Å². The van der Waals surface area contributed by atoms with Gasteiger partial charge in [-0.25, -0.2) is 0 Å². The number of ether oxygens (including phenoxy) is 2. The number of nitrogens with one attached hydrogen (secondary N) is 1. The summed E-state index contributed by atoms with van der Waals surface area (Å²) in [5, 5.41) is 14.6. The molecular weight excluding hydrogens is 402 g/mol. The highest BCUT2D eigenvalue weighted by Gasteiger charge is 2.18. The van der Waals surface area contributed by atoms with Gasteiger partial charge in [0.15, 0.2) is 11.5 Å². The van der Waals surface area contributed by atoms with Crippen molar-refractivity contribution < 1.29 is 14.6 Å². The zero-order valence-electron chi connectivity index (χ0n) is 17.8. The summed E-state index contributed by atoms with van der Waals surface area (Å²) in [7, 11) is 3.75. The third kappa shape index (κ3) is 6.86. The number of β-amino-alcohol motifs (C(OH)–C–C–N with tert-alkyl or cyclic N) is 1. The maximum atomic E-state index is 10.4. The number of methoxy groups -OCH3 is 1. The van der Waals surface area contributed by atoms with Gasteiger partial charge in [-0.1, -0.05) is 35.9 Å². The first-order chi connectivity index (χ1) is 14.5. The smallest absolute Gasteiger partial charge is 0.161 e. The summed E-state index contributed by atoms with van der Waals surface area (Å²) in [5.41, 5.74) is 2.14. The van der Waals surface area contributed by atoms with E-state index in [4.69, 9.17) is 21.1 Å². The Balaban J connectivity index is 1.50. The summed E-state index contributed by atoms with van der Waals surface area (Å²) in [6, 6.07) is 13.7. The first kappa shape index (κ1) is 22.8. The summed E-state index contributed by atoms with van der Waals surface area (Å²) in [4.78, 5) is 4.58. The number of piperazine rings is 1. The van der Waals surface area contributed by atoms with Gasteiger partial charge in [-0.15, -0.1) is 0 Å². The molecule has 1 heterocycles. The average molecular weight is 434 g/mol. The zero-order chi connectivity index (χ0) is 21.3. The Morgan fingerprint density at radius 1 is 1.07 bits per heavy atom. The lowest BCUT2D eigenvalue weighted by Crippen LogP contribution is -2.47. The number of aliphatic hydroxyl groups excluding tert-OH is 1. The van der Waals surface area contributed by atoms with Crippen LogP contribution in [0.3, 0.4) is 0 Å². The molecule has 0 aliphatic carbocycles. The third-order valence-corrected chi connectivity index (χ3v) is 5.70. The van der Waals surface area contributed by atoms with Crippen molar-refractivity contribution in [3.05, 3.63) is 58.6 Å². The number of nitrogens with zero attached hydrogens (tertiary/aromatic N) is 2. The van der Waals surface area contributed by atoms with Crippen molar-refractivity contribution in [2.24, 2.45) is 0 Å². The molecule has 7 heteroatoms. The minimum atomic E-state index is -0.542. The molecule has 1 aliphatic rings. The Morgan fingerprint density at radius 3 is 2.57 bits per heavy atom. The molecule has 30 heavy (non-hydrogen) atoms. The van der Waals surface area contributed by atoms with E-state index in [0.717, 1.165) is 42.3 Å². The van der Waals surface area contributed by atoms with Crippen LogP contribution >= 0.6 is 11.6 Å². The minimum Gasteiger partial charge on any atom is -0.493 e. The molecule has 1 aliphatic heterocycles. The maximum Gasteiger partial charge on any atom is 0.161 e. The summed E-state index contributed by atoms with van der Waals surface area (Å²) in [6.45, 7) is 6.23. The first-order valence-electron chi connectivity index (χ1n) is 10.4. The van der Waals surface area contributed by atoms with E-state index in [1.165, 1.54) is 0 Å². The lowest BCUT2D eigenvalue weighted by atomic mass is 10.2. The molecule has 0 spiro atoms. The number of likely N-dealkylation sites (N-methyl/N-ethyl adjacent to an activating group) is 1. The average Bonchev–Trinajstić information content (AvgIpc) is 2.75. The van der Waals surface area contributed by atoms with E-state index in [-0.39, 0.29) is 6.61 Å². The van der Waals surface area contributed by atoms with Crippen LogP contribution in [0.1, 0.15) is 11.1 Å². The number of halogens is 1. The molecule has 0 saturated carbocycles. The third-order valence-electron chi connectivity index (χ3n) is 5.33. The Morgan fingerprint density at radius 2 is 1.83 bits per heavy atom. The van der Waals surface area contributed by atoms with Crippen LogP contribution in [0.4, 0.5) is 0 Å². The molecule has 0 bridgehead atoms. The molecule has 2 aromatic rings. The molecule has 1 saturated heterocycles. The van der Waals surface area contributed by atoms with E-state index in [1.54, 1.807) is 7.11 Å². The quantitative estimate of drug-likeness (QED) is 0.600. The second-order valence-corrected chi connectivity index (χ2v) is 8.16. The van der Waals surface area contributed by atoms with Gasteiger partial charge in [0, 0.05) is 50.8 Å². The van der Waals surface area contributed by atoms with Crippen LogP contribution in [-0.2, 0) is 13.1 Å². The Bertz CT molecular complexity index is 797. The van der Waals surface area contributed by atoms with Crippen LogP contribution in [0.15, 0.2) is 42.5 Å². The Hall–Kier alpha value is -1.83. The van der Waals surface area contributed by atoms with Gasteiger partial charge in [0.2, 0.25) is 0 Å². The molecule has 2 aromatic carbocycles. The van der Waals surface area contributed by atoms with Gasteiger partial charge in [0.1, 0.15) is 12.7 Å². The van der Waals surface area contributed by atoms with Gasteiger partial charge >= 0.3 is 0 Å². The topological polar surface area (TPSA) is 57.2 Å². The maximum absolute atomic E-state index is 10.4. The molecule has 164 valence electrons. The van der Waals surface area contributed by atoms with Crippen LogP contribution < -0.4 is 14.8 Å². The normalized spacial score (nSPS) is 16.4. The van der Waals surface area contributed by atoms with Crippen LogP contribution in [0, 0.1) is 0 Å². The molecular formula is C23H32ClN3O3. The SMILES string of the molecule is COc1ccc(CNCc2ccccc2Cl)cc1OC[C@@H](O)CN1CCN(C)CC1. The van der Waals surface area contributed by atoms with Crippen LogP contribution in [-0.4, -0.2) is 74.5 Å². The van der Waals surface area contributed by atoms with E-state index in [2.05, 4.69) is 22.2 Å². The van der Waals surface area contributed by atoms with Crippen molar-refractivity contribution in [2.45, 2.75) is 19.2 Å². The molecule has 0 amide bonds. The monoisotopic (exact) mass is 433 g/mol. The van der Waals surface area contributed by atoms with Crippen LogP contribution in [0.2, 0.25) is 5.02 Å². The van der Waals surface area contributed by atoms with Gasteiger partial charge < -0.3 is 24.8 Å². The Labute approximate surface area is 184 Å².